The van der Waals surface area contributed by atoms with Gasteiger partial charge in [-0.15, -0.1) is 11.3 Å². The molecule has 0 atom stereocenters. The number of thiazole rings is 1. The van der Waals surface area contributed by atoms with Crippen molar-refractivity contribution in [1.29, 1.82) is 0 Å². The molecule has 1 fully saturated rings. The second-order valence-corrected chi connectivity index (χ2v) is 11.7. The fourth-order valence-corrected chi connectivity index (χ4v) is 6.90. The maximum atomic E-state index is 13.9. The van der Waals surface area contributed by atoms with Gasteiger partial charge in [0.25, 0.3) is 0 Å². The van der Waals surface area contributed by atoms with E-state index in [1.165, 1.54) is 22.7 Å². The SMILES string of the molecule is O=S(=O)(NC[C@H]1CC[C@H](Nc2nc3c(s2)CCCc2ccc(F)cc2-3)CC1)c1cccnc1. The quantitative estimate of drug-likeness (QED) is 0.524. The summed E-state index contributed by atoms with van der Waals surface area (Å²) in [5, 5.41) is 4.49. The highest BCUT2D eigenvalue weighted by molar-refractivity contribution is 7.89. The Bertz CT molecular complexity index is 1220. The second kappa shape index (κ2) is 9.48. The van der Waals surface area contributed by atoms with Crippen LogP contribution in [-0.2, 0) is 22.9 Å². The van der Waals surface area contributed by atoms with Crippen LogP contribution < -0.4 is 10.0 Å². The standard InChI is InChI=1S/C24H27FN4O2S2/c25-18-9-8-17-3-1-5-22-23(21(17)13-18)29-24(32-22)28-19-10-6-16(7-11-19)14-27-33(30,31)20-4-2-12-26-15-20/h2,4,8-9,12-13,15-16,19,27H,1,3,5-7,10-11,14H2,(H,28,29)/t16-,19-. The van der Waals surface area contributed by atoms with Gasteiger partial charge in [0, 0.05) is 35.4 Å². The van der Waals surface area contributed by atoms with E-state index in [-0.39, 0.29) is 10.7 Å². The average Bonchev–Trinajstić information content (AvgIpc) is 3.14. The molecule has 0 radical (unpaired) electrons. The molecule has 3 aromatic rings. The molecule has 2 heterocycles. The molecule has 174 valence electrons. The third-order valence-corrected chi connectivity index (χ3v) is 9.01. The van der Waals surface area contributed by atoms with Crippen molar-refractivity contribution in [2.45, 2.75) is 55.9 Å². The Morgan fingerprint density at radius 1 is 1.12 bits per heavy atom. The molecule has 2 aliphatic rings. The lowest BCUT2D eigenvalue weighted by atomic mass is 9.86. The van der Waals surface area contributed by atoms with Crippen molar-refractivity contribution in [3.05, 3.63) is 59.0 Å². The number of hydrogen-bond acceptors (Lipinski definition) is 6. The van der Waals surface area contributed by atoms with E-state index in [1.807, 2.05) is 6.07 Å². The third kappa shape index (κ3) is 5.10. The fourth-order valence-electron chi connectivity index (χ4n) is 4.72. The van der Waals surface area contributed by atoms with Gasteiger partial charge in [0.05, 0.1) is 5.69 Å². The van der Waals surface area contributed by atoms with E-state index in [2.05, 4.69) is 15.0 Å². The molecule has 0 aliphatic heterocycles. The van der Waals surface area contributed by atoms with Crippen molar-refractivity contribution >= 4 is 26.5 Å². The summed E-state index contributed by atoms with van der Waals surface area (Å²) in [4.78, 5) is 10.2. The van der Waals surface area contributed by atoms with Crippen molar-refractivity contribution in [2.24, 2.45) is 5.92 Å². The lowest BCUT2D eigenvalue weighted by molar-refractivity contribution is 0.337. The number of benzene rings is 1. The first-order valence-corrected chi connectivity index (χ1v) is 13.7. The Balaban J connectivity index is 1.18. The molecular formula is C24H27FN4O2S2. The molecule has 0 saturated heterocycles. The van der Waals surface area contributed by atoms with Crippen molar-refractivity contribution < 1.29 is 12.8 Å². The summed E-state index contributed by atoms with van der Waals surface area (Å²) in [5.74, 6) is 0.0962. The summed E-state index contributed by atoms with van der Waals surface area (Å²) in [6, 6.07) is 8.52. The van der Waals surface area contributed by atoms with Gasteiger partial charge < -0.3 is 5.32 Å². The number of aromatic nitrogens is 2. The van der Waals surface area contributed by atoms with Crippen molar-refractivity contribution in [1.82, 2.24) is 14.7 Å². The molecular weight excluding hydrogens is 459 g/mol. The molecule has 2 N–H and O–H groups in total. The number of sulfonamides is 1. The minimum absolute atomic E-state index is 0.199. The molecule has 0 bridgehead atoms. The number of aryl methyl sites for hydroxylation is 2. The van der Waals surface area contributed by atoms with Crippen LogP contribution in [0.4, 0.5) is 9.52 Å². The van der Waals surface area contributed by atoms with Crippen molar-refractivity contribution in [2.75, 3.05) is 11.9 Å². The van der Waals surface area contributed by atoms with Gasteiger partial charge in [-0.25, -0.2) is 22.5 Å². The number of hydrogen-bond donors (Lipinski definition) is 2. The summed E-state index contributed by atoms with van der Waals surface area (Å²) >= 11 is 1.68. The monoisotopic (exact) mass is 486 g/mol. The smallest absolute Gasteiger partial charge is 0.242 e. The number of anilines is 1. The lowest BCUT2D eigenvalue weighted by Crippen LogP contribution is -2.34. The Kier molecular flexibility index (Phi) is 6.44. The first-order valence-electron chi connectivity index (χ1n) is 11.4. The van der Waals surface area contributed by atoms with Gasteiger partial charge in [0.15, 0.2) is 5.13 Å². The summed E-state index contributed by atoms with van der Waals surface area (Å²) in [6.45, 7) is 0.442. The average molecular weight is 487 g/mol. The van der Waals surface area contributed by atoms with E-state index in [9.17, 15) is 12.8 Å². The van der Waals surface area contributed by atoms with E-state index in [0.29, 0.717) is 18.5 Å². The zero-order valence-electron chi connectivity index (χ0n) is 18.3. The summed E-state index contributed by atoms with van der Waals surface area (Å²) in [7, 11) is -3.52. The molecule has 0 spiro atoms. The Hall–Kier alpha value is -2.36. The van der Waals surface area contributed by atoms with Gasteiger partial charge >= 0.3 is 0 Å². The normalized spacial score (nSPS) is 20.5. The maximum absolute atomic E-state index is 13.9. The summed E-state index contributed by atoms with van der Waals surface area (Å²) in [6.07, 6.45) is 9.73. The minimum atomic E-state index is -3.52. The second-order valence-electron chi connectivity index (χ2n) is 8.85. The molecule has 1 saturated carbocycles. The van der Waals surface area contributed by atoms with E-state index in [4.69, 9.17) is 4.98 Å². The van der Waals surface area contributed by atoms with Crippen LogP contribution in [0.2, 0.25) is 0 Å². The molecule has 0 unspecified atom stereocenters. The fraction of sp³-hybridized carbons (Fsp3) is 0.417. The predicted molar refractivity (Wildman–Crippen MR) is 128 cm³/mol. The van der Waals surface area contributed by atoms with Crippen LogP contribution >= 0.6 is 11.3 Å². The molecule has 0 amide bonds. The largest absolute Gasteiger partial charge is 0.359 e. The van der Waals surface area contributed by atoms with Gasteiger partial charge in [0.2, 0.25) is 10.0 Å². The zero-order chi connectivity index (χ0) is 22.8. The topological polar surface area (TPSA) is 84.0 Å². The van der Waals surface area contributed by atoms with Gasteiger partial charge in [-0.05, 0) is 80.7 Å². The first kappa shape index (κ1) is 22.4. The number of pyridine rings is 1. The van der Waals surface area contributed by atoms with Crippen molar-refractivity contribution in [3.63, 3.8) is 0 Å². The van der Waals surface area contributed by atoms with Crippen LogP contribution in [0.15, 0.2) is 47.6 Å². The Morgan fingerprint density at radius 2 is 1.97 bits per heavy atom. The highest BCUT2D eigenvalue weighted by Crippen LogP contribution is 2.38. The molecule has 33 heavy (non-hydrogen) atoms. The van der Waals surface area contributed by atoms with Gasteiger partial charge in [-0.2, -0.15) is 0 Å². The highest BCUT2D eigenvalue weighted by Gasteiger charge is 2.25. The van der Waals surface area contributed by atoms with Crippen LogP contribution in [0.5, 0.6) is 0 Å². The Labute approximate surface area is 197 Å². The van der Waals surface area contributed by atoms with Crippen LogP contribution in [-0.4, -0.2) is 31.0 Å². The Morgan fingerprint density at radius 3 is 2.76 bits per heavy atom. The number of nitrogens with zero attached hydrogens (tertiary/aromatic N) is 2. The number of halogens is 1. The molecule has 5 rings (SSSR count). The molecule has 9 heteroatoms. The van der Waals surface area contributed by atoms with E-state index in [0.717, 1.165) is 61.3 Å². The predicted octanol–water partition coefficient (Wildman–Crippen LogP) is 4.78. The van der Waals surface area contributed by atoms with E-state index >= 15 is 0 Å². The highest BCUT2D eigenvalue weighted by atomic mass is 32.2. The van der Waals surface area contributed by atoms with Crippen LogP contribution in [0.3, 0.4) is 0 Å². The molecule has 1 aromatic carbocycles. The number of fused-ring (bicyclic) bond motifs is 3. The third-order valence-electron chi connectivity index (χ3n) is 6.56. The van der Waals surface area contributed by atoms with Crippen molar-refractivity contribution in [3.8, 4) is 11.3 Å². The number of nitrogens with one attached hydrogen (secondary N) is 2. The zero-order valence-corrected chi connectivity index (χ0v) is 19.9. The molecule has 2 aromatic heterocycles. The van der Waals surface area contributed by atoms with E-state index < -0.39 is 10.0 Å². The summed E-state index contributed by atoms with van der Waals surface area (Å²) < 4.78 is 41.4. The number of rotatable bonds is 6. The first-order chi connectivity index (χ1) is 16.0. The van der Waals surface area contributed by atoms with Gasteiger partial charge in [-0.1, -0.05) is 6.07 Å². The minimum Gasteiger partial charge on any atom is -0.359 e. The summed E-state index contributed by atoms with van der Waals surface area (Å²) in [5.41, 5.74) is 3.02. The van der Waals surface area contributed by atoms with Gasteiger partial charge in [-0.3, -0.25) is 4.98 Å². The molecule has 2 aliphatic carbocycles. The maximum Gasteiger partial charge on any atom is 0.242 e. The van der Waals surface area contributed by atoms with E-state index in [1.54, 1.807) is 35.7 Å². The lowest BCUT2D eigenvalue weighted by Gasteiger charge is -2.29. The van der Waals surface area contributed by atoms with Gasteiger partial charge in [0.1, 0.15) is 10.7 Å². The van der Waals surface area contributed by atoms with Crippen LogP contribution in [0.25, 0.3) is 11.3 Å². The van der Waals surface area contributed by atoms with Crippen LogP contribution in [0.1, 0.15) is 42.5 Å². The van der Waals surface area contributed by atoms with Crippen LogP contribution in [0, 0.1) is 11.7 Å². The molecule has 6 nitrogen and oxygen atoms in total.